The molecule has 3 aromatic rings. The van der Waals surface area contributed by atoms with Gasteiger partial charge in [0.1, 0.15) is 11.9 Å². The topological polar surface area (TPSA) is 41.6 Å². The maximum atomic E-state index is 13.2. The summed E-state index contributed by atoms with van der Waals surface area (Å²) >= 11 is 6.15. The lowest BCUT2D eigenvalue weighted by Gasteiger charge is -2.13. The molecule has 0 saturated heterocycles. The third-order valence-corrected chi connectivity index (χ3v) is 4.78. The lowest BCUT2D eigenvalue weighted by Crippen LogP contribution is -2.02. The van der Waals surface area contributed by atoms with Crippen LogP contribution in [0.3, 0.4) is 0 Å². The van der Waals surface area contributed by atoms with Crippen molar-refractivity contribution in [1.82, 2.24) is 9.78 Å². The first kappa shape index (κ1) is 17.2. The second-order valence-electron chi connectivity index (χ2n) is 6.05. The first-order valence-electron chi connectivity index (χ1n) is 7.94. The molecule has 0 bridgehead atoms. The molecule has 0 aliphatic rings. The van der Waals surface area contributed by atoms with Gasteiger partial charge in [0.15, 0.2) is 0 Å². The van der Waals surface area contributed by atoms with E-state index in [4.69, 9.17) is 16.9 Å². The molecule has 3 nitrogen and oxygen atoms in total. The number of aromatic nitrogens is 2. The summed E-state index contributed by atoms with van der Waals surface area (Å²) in [6.07, 6.45) is 0. The van der Waals surface area contributed by atoms with Crippen molar-refractivity contribution < 1.29 is 4.39 Å². The van der Waals surface area contributed by atoms with Gasteiger partial charge in [-0.1, -0.05) is 30.7 Å². The van der Waals surface area contributed by atoms with Crippen LogP contribution in [0, 0.1) is 31.0 Å². The van der Waals surface area contributed by atoms with Crippen LogP contribution in [0.25, 0.3) is 5.69 Å². The van der Waals surface area contributed by atoms with Gasteiger partial charge in [-0.3, -0.25) is 0 Å². The summed E-state index contributed by atoms with van der Waals surface area (Å²) in [7, 11) is 0. The van der Waals surface area contributed by atoms with E-state index >= 15 is 0 Å². The highest BCUT2D eigenvalue weighted by molar-refractivity contribution is 6.31. The molecule has 0 aliphatic heterocycles. The predicted octanol–water partition coefficient (Wildman–Crippen LogP) is 5.31. The zero-order valence-electron chi connectivity index (χ0n) is 14.2. The van der Waals surface area contributed by atoms with Crippen molar-refractivity contribution in [3.05, 3.63) is 81.4 Å². The summed E-state index contributed by atoms with van der Waals surface area (Å²) in [6.45, 7) is 6.05. The third-order valence-electron chi connectivity index (χ3n) is 4.47. The van der Waals surface area contributed by atoms with Gasteiger partial charge in [0.05, 0.1) is 22.0 Å². The van der Waals surface area contributed by atoms with E-state index in [1.54, 1.807) is 24.3 Å². The van der Waals surface area contributed by atoms with Crippen LogP contribution in [-0.2, 0) is 0 Å². The Balaban J connectivity index is 2.05. The van der Waals surface area contributed by atoms with E-state index in [2.05, 4.69) is 18.1 Å². The molecule has 0 spiro atoms. The van der Waals surface area contributed by atoms with Gasteiger partial charge in [0.2, 0.25) is 0 Å². The van der Waals surface area contributed by atoms with Crippen LogP contribution >= 0.6 is 11.6 Å². The van der Waals surface area contributed by atoms with Gasteiger partial charge in [-0.2, -0.15) is 10.4 Å². The van der Waals surface area contributed by atoms with Crippen molar-refractivity contribution in [2.45, 2.75) is 26.7 Å². The molecule has 0 aliphatic carbocycles. The number of benzene rings is 2. The molecule has 1 unspecified atom stereocenters. The average molecular weight is 354 g/mol. The first-order valence-corrected chi connectivity index (χ1v) is 8.31. The predicted molar refractivity (Wildman–Crippen MR) is 96.7 cm³/mol. The number of halogens is 2. The fraction of sp³-hybridized carbons (Fsp3) is 0.200. The van der Waals surface area contributed by atoms with Crippen molar-refractivity contribution in [1.29, 1.82) is 5.26 Å². The summed E-state index contributed by atoms with van der Waals surface area (Å²) in [4.78, 5) is 0. The van der Waals surface area contributed by atoms with Crippen molar-refractivity contribution >= 4 is 11.6 Å². The van der Waals surface area contributed by atoms with E-state index in [1.807, 2.05) is 24.6 Å². The second kappa shape index (κ2) is 6.70. The average Bonchev–Trinajstić information content (AvgIpc) is 2.89. The summed E-state index contributed by atoms with van der Waals surface area (Å²) in [5.74, 6) is -0.157. The van der Waals surface area contributed by atoms with E-state index in [0.717, 1.165) is 28.2 Å². The number of nitrogens with zero attached hydrogens (tertiary/aromatic N) is 3. The highest BCUT2D eigenvalue weighted by Gasteiger charge is 2.20. The molecule has 3 rings (SSSR count). The van der Waals surface area contributed by atoms with Crippen LogP contribution in [-0.4, -0.2) is 9.78 Å². The molecule has 25 heavy (non-hydrogen) atoms. The number of aryl methyl sites for hydroxylation is 1. The van der Waals surface area contributed by atoms with Gasteiger partial charge in [-0.05, 0) is 49.7 Å². The highest BCUT2D eigenvalue weighted by Crippen LogP contribution is 2.31. The summed E-state index contributed by atoms with van der Waals surface area (Å²) in [5, 5.41) is 14.1. The summed E-state index contributed by atoms with van der Waals surface area (Å²) < 4.78 is 15.0. The molecular weight excluding hydrogens is 337 g/mol. The molecule has 1 atom stereocenters. The van der Waals surface area contributed by atoms with Crippen LogP contribution in [0.4, 0.5) is 4.39 Å². The van der Waals surface area contributed by atoms with Crippen LogP contribution in [0.5, 0.6) is 0 Å². The maximum Gasteiger partial charge on any atom is 0.123 e. The lowest BCUT2D eigenvalue weighted by molar-refractivity contribution is 0.626. The zero-order valence-corrected chi connectivity index (χ0v) is 15.0. The Hall–Kier alpha value is -2.64. The molecule has 0 amide bonds. The number of rotatable bonds is 3. The van der Waals surface area contributed by atoms with E-state index in [0.29, 0.717) is 10.6 Å². The molecule has 0 radical (unpaired) electrons. The molecule has 5 heteroatoms. The fourth-order valence-corrected chi connectivity index (χ4v) is 3.39. The largest absolute Gasteiger partial charge is 0.237 e. The van der Waals surface area contributed by atoms with Gasteiger partial charge in [-0.15, -0.1) is 0 Å². The maximum absolute atomic E-state index is 13.2. The summed E-state index contributed by atoms with van der Waals surface area (Å²) in [6, 6.07) is 13.9. The van der Waals surface area contributed by atoms with E-state index in [1.165, 1.54) is 12.1 Å². The minimum Gasteiger partial charge on any atom is -0.237 e. The van der Waals surface area contributed by atoms with Crippen LogP contribution in [0.1, 0.15) is 40.9 Å². The Labute approximate surface area is 151 Å². The first-order chi connectivity index (χ1) is 11.9. The molecule has 0 N–H and O–H groups in total. The van der Waals surface area contributed by atoms with Gasteiger partial charge in [0.25, 0.3) is 0 Å². The van der Waals surface area contributed by atoms with Gasteiger partial charge < -0.3 is 0 Å². The molecule has 2 aromatic carbocycles. The van der Waals surface area contributed by atoms with E-state index in [9.17, 15) is 4.39 Å². The molecular formula is C20H17ClFN3. The zero-order chi connectivity index (χ0) is 18.1. The quantitative estimate of drug-likeness (QED) is 0.640. The fourth-order valence-electron chi connectivity index (χ4n) is 3.18. The molecule has 126 valence electrons. The number of hydrogen-bond donors (Lipinski definition) is 0. The molecule has 1 aromatic heterocycles. The lowest BCUT2D eigenvalue weighted by atomic mass is 9.91. The second-order valence-corrected chi connectivity index (χ2v) is 6.45. The molecule has 0 saturated carbocycles. The minimum atomic E-state index is -0.243. The van der Waals surface area contributed by atoms with Crippen molar-refractivity contribution in [2.75, 3.05) is 0 Å². The SMILES string of the molecule is Cc1nn(-c2ccc(C#N)c(Cl)c2)c(C)c1C(C)c1ccc(F)cc1. The Morgan fingerprint density at radius 2 is 1.84 bits per heavy atom. The van der Waals surface area contributed by atoms with Crippen LogP contribution < -0.4 is 0 Å². The number of nitriles is 1. The monoisotopic (exact) mass is 353 g/mol. The van der Waals surface area contributed by atoms with Gasteiger partial charge in [-0.25, -0.2) is 9.07 Å². The Bertz CT molecular complexity index is 968. The minimum absolute atomic E-state index is 0.0863. The Morgan fingerprint density at radius 3 is 2.44 bits per heavy atom. The molecule has 1 heterocycles. The van der Waals surface area contributed by atoms with Crippen molar-refractivity contribution in [3.8, 4) is 11.8 Å². The smallest absolute Gasteiger partial charge is 0.123 e. The van der Waals surface area contributed by atoms with E-state index in [-0.39, 0.29) is 11.7 Å². The number of hydrogen-bond acceptors (Lipinski definition) is 2. The van der Waals surface area contributed by atoms with E-state index < -0.39 is 0 Å². The van der Waals surface area contributed by atoms with Gasteiger partial charge in [0, 0.05) is 17.2 Å². The van der Waals surface area contributed by atoms with Gasteiger partial charge >= 0.3 is 0 Å². The Kier molecular flexibility index (Phi) is 4.61. The van der Waals surface area contributed by atoms with Crippen molar-refractivity contribution in [2.24, 2.45) is 0 Å². The van der Waals surface area contributed by atoms with Crippen LogP contribution in [0.2, 0.25) is 5.02 Å². The normalized spacial score (nSPS) is 12.0. The Morgan fingerprint density at radius 1 is 1.16 bits per heavy atom. The summed E-state index contributed by atoms with van der Waals surface area (Å²) in [5.41, 5.74) is 5.29. The van der Waals surface area contributed by atoms with Crippen molar-refractivity contribution in [3.63, 3.8) is 0 Å². The molecule has 0 fully saturated rings. The third kappa shape index (κ3) is 3.16. The van der Waals surface area contributed by atoms with Crippen LogP contribution in [0.15, 0.2) is 42.5 Å². The standard InChI is InChI=1S/C20H17ClFN3/c1-12(15-4-7-17(22)8-5-15)20-13(2)24-25(14(20)3)18-9-6-16(11-23)19(21)10-18/h4-10,12H,1-3H3. The highest BCUT2D eigenvalue weighted by atomic mass is 35.5.